The van der Waals surface area contributed by atoms with Crippen LogP contribution in [0.2, 0.25) is 5.02 Å². The van der Waals surface area contributed by atoms with Crippen LogP contribution in [-0.4, -0.2) is 29.1 Å². The van der Waals surface area contributed by atoms with Crippen molar-refractivity contribution in [2.75, 3.05) is 13.1 Å². The standard InChI is InChI=1S/C13H15ClFNO2/c14-11-5-1-3-9(12(11)15)7-16-6-2-4-10(8-16)13(17)18/h1,3,5,10H,2,4,6-8H2,(H,17,18)/t10-/m0/s1. The third-order valence-corrected chi connectivity index (χ3v) is 3.57. The molecule has 5 heteroatoms. The van der Waals surface area contributed by atoms with E-state index in [0.717, 1.165) is 13.0 Å². The molecule has 1 atom stereocenters. The highest BCUT2D eigenvalue weighted by molar-refractivity contribution is 6.30. The number of benzene rings is 1. The van der Waals surface area contributed by atoms with Gasteiger partial charge in [-0.3, -0.25) is 9.69 Å². The molecule has 0 radical (unpaired) electrons. The Bertz CT molecular complexity index is 453. The molecule has 0 amide bonds. The van der Waals surface area contributed by atoms with Gasteiger partial charge in [0.2, 0.25) is 0 Å². The van der Waals surface area contributed by atoms with Crippen molar-refractivity contribution in [3.63, 3.8) is 0 Å². The lowest BCUT2D eigenvalue weighted by atomic mass is 9.98. The summed E-state index contributed by atoms with van der Waals surface area (Å²) in [6.07, 6.45) is 1.53. The molecule has 0 aromatic heterocycles. The highest BCUT2D eigenvalue weighted by Gasteiger charge is 2.25. The van der Waals surface area contributed by atoms with Crippen molar-refractivity contribution in [3.8, 4) is 0 Å². The van der Waals surface area contributed by atoms with Gasteiger partial charge in [0.15, 0.2) is 0 Å². The third kappa shape index (κ3) is 3.00. The predicted molar refractivity (Wildman–Crippen MR) is 67.0 cm³/mol. The maximum absolute atomic E-state index is 13.7. The van der Waals surface area contributed by atoms with Crippen LogP contribution in [0.4, 0.5) is 4.39 Å². The molecule has 1 aromatic rings. The molecule has 98 valence electrons. The first-order chi connectivity index (χ1) is 8.58. The summed E-state index contributed by atoms with van der Waals surface area (Å²) in [4.78, 5) is 12.9. The van der Waals surface area contributed by atoms with E-state index in [1.165, 1.54) is 6.07 Å². The number of likely N-dealkylation sites (tertiary alicyclic amines) is 1. The van der Waals surface area contributed by atoms with Crippen LogP contribution in [0.5, 0.6) is 0 Å². The zero-order valence-corrected chi connectivity index (χ0v) is 10.7. The normalized spacial score (nSPS) is 20.9. The molecule has 1 heterocycles. The quantitative estimate of drug-likeness (QED) is 0.919. The Morgan fingerprint density at radius 1 is 1.56 bits per heavy atom. The lowest BCUT2D eigenvalue weighted by molar-refractivity contribution is -0.143. The monoisotopic (exact) mass is 271 g/mol. The number of rotatable bonds is 3. The molecule has 0 spiro atoms. The van der Waals surface area contributed by atoms with Gasteiger partial charge < -0.3 is 5.11 Å². The molecule has 2 rings (SSSR count). The molecule has 1 aromatic carbocycles. The first-order valence-electron chi connectivity index (χ1n) is 5.96. The first-order valence-corrected chi connectivity index (χ1v) is 6.34. The number of nitrogens with zero attached hydrogens (tertiary/aromatic N) is 1. The minimum atomic E-state index is -0.772. The largest absolute Gasteiger partial charge is 0.481 e. The van der Waals surface area contributed by atoms with Crippen LogP contribution in [0.25, 0.3) is 0 Å². The molecule has 1 saturated heterocycles. The van der Waals surface area contributed by atoms with Crippen LogP contribution in [0.3, 0.4) is 0 Å². The smallest absolute Gasteiger partial charge is 0.307 e. The summed E-state index contributed by atoms with van der Waals surface area (Å²) in [6, 6.07) is 4.90. The minimum Gasteiger partial charge on any atom is -0.481 e. The highest BCUT2D eigenvalue weighted by atomic mass is 35.5. The molecule has 1 fully saturated rings. The number of carboxylic acid groups (broad SMARTS) is 1. The van der Waals surface area contributed by atoms with E-state index in [4.69, 9.17) is 16.7 Å². The topological polar surface area (TPSA) is 40.5 Å². The lowest BCUT2D eigenvalue weighted by Crippen LogP contribution is -2.38. The average Bonchev–Trinajstić information content (AvgIpc) is 2.35. The molecular weight excluding hydrogens is 257 g/mol. The van der Waals surface area contributed by atoms with Crippen molar-refractivity contribution >= 4 is 17.6 Å². The van der Waals surface area contributed by atoms with Crippen LogP contribution in [0.1, 0.15) is 18.4 Å². The van der Waals surface area contributed by atoms with E-state index >= 15 is 0 Å². The van der Waals surface area contributed by atoms with Gasteiger partial charge in [-0.2, -0.15) is 0 Å². The fourth-order valence-corrected chi connectivity index (χ4v) is 2.51. The molecule has 1 N–H and O–H groups in total. The first kappa shape index (κ1) is 13.3. The number of hydrogen-bond donors (Lipinski definition) is 1. The average molecular weight is 272 g/mol. The van der Waals surface area contributed by atoms with E-state index in [9.17, 15) is 9.18 Å². The van der Waals surface area contributed by atoms with Crippen LogP contribution < -0.4 is 0 Å². The minimum absolute atomic E-state index is 0.110. The number of hydrogen-bond acceptors (Lipinski definition) is 2. The van der Waals surface area contributed by atoms with E-state index in [2.05, 4.69) is 0 Å². The molecule has 1 aliphatic heterocycles. The maximum atomic E-state index is 13.7. The Kier molecular flexibility index (Phi) is 4.19. The van der Waals surface area contributed by atoms with Gasteiger partial charge in [-0.05, 0) is 25.5 Å². The highest BCUT2D eigenvalue weighted by Crippen LogP contribution is 2.22. The van der Waals surface area contributed by atoms with Crippen LogP contribution >= 0.6 is 11.6 Å². The van der Waals surface area contributed by atoms with Crippen LogP contribution in [0.15, 0.2) is 18.2 Å². The summed E-state index contributed by atoms with van der Waals surface area (Å²) in [5.41, 5.74) is 0.522. The van der Waals surface area contributed by atoms with Gasteiger partial charge in [0.25, 0.3) is 0 Å². The van der Waals surface area contributed by atoms with Crippen LogP contribution in [0, 0.1) is 11.7 Å². The van der Waals surface area contributed by atoms with E-state index < -0.39 is 11.8 Å². The van der Waals surface area contributed by atoms with Gasteiger partial charge in [0.05, 0.1) is 10.9 Å². The second-order valence-electron chi connectivity index (χ2n) is 4.63. The Balaban J connectivity index is 2.05. The van der Waals surface area contributed by atoms with Gasteiger partial charge in [0.1, 0.15) is 5.82 Å². The zero-order valence-electron chi connectivity index (χ0n) is 9.90. The summed E-state index contributed by atoms with van der Waals surface area (Å²) >= 11 is 5.72. The van der Waals surface area contributed by atoms with Crippen LogP contribution in [-0.2, 0) is 11.3 Å². The Labute approximate surface area is 110 Å². The van der Waals surface area contributed by atoms with Crippen molar-refractivity contribution in [1.29, 1.82) is 0 Å². The molecule has 0 unspecified atom stereocenters. The summed E-state index contributed by atoms with van der Waals surface area (Å²) in [7, 11) is 0. The van der Waals surface area contributed by atoms with Crippen molar-refractivity contribution in [3.05, 3.63) is 34.6 Å². The molecule has 0 bridgehead atoms. The molecule has 3 nitrogen and oxygen atoms in total. The summed E-state index contributed by atoms with van der Waals surface area (Å²) < 4.78 is 13.7. The molecule has 18 heavy (non-hydrogen) atoms. The zero-order chi connectivity index (χ0) is 13.1. The third-order valence-electron chi connectivity index (χ3n) is 3.28. The SMILES string of the molecule is O=C(O)[C@H]1CCCN(Cc2cccc(Cl)c2F)C1. The Hall–Kier alpha value is -1.13. The van der Waals surface area contributed by atoms with Crippen molar-refractivity contribution in [2.45, 2.75) is 19.4 Å². The fourth-order valence-electron chi connectivity index (χ4n) is 2.31. The summed E-state index contributed by atoms with van der Waals surface area (Å²) in [5.74, 6) is -1.52. The fraction of sp³-hybridized carbons (Fsp3) is 0.462. The molecule has 0 saturated carbocycles. The second-order valence-corrected chi connectivity index (χ2v) is 5.03. The van der Waals surface area contributed by atoms with Gasteiger partial charge in [-0.15, -0.1) is 0 Å². The second kappa shape index (κ2) is 5.67. The van der Waals surface area contributed by atoms with E-state index in [1.807, 2.05) is 4.90 Å². The number of piperidine rings is 1. The number of carbonyl (C=O) groups is 1. The molecular formula is C13H15ClFNO2. The number of halogens is 2. The lowest BCUT2D eigenvalue weighted by Gasteiger charge is -2.30. The van der Waals surface area contributed by atoms with Crippen molar-refractivity contribution < 1.29 is 14.3 Å². The number of aliphatic carboxylic acids is 1. The van der Waals surface area contributed by atoms with Gasteiger partial charge in [-0.1, -0.05) is 23.7 Å². The Morgan fingerprint density at radius 2 is 2.33 bits per heavy atom. The van der Waals surface area contributed by atoms with Crippen molar-refractivity contribution in [1.82, 2.24) is 4.90 Å². The molecule has 0 aliphatic carbocycles. The van der Waals surface area contributed by atoms with Gasteiger partial charge in [-0.25, -0.2) is 4.39 Å². The van der Waals surface area contributed by atoms with Gasteiger partial charge >= 0.3 is 5.97 Å². The maximum Gasteiger partial charge on any atom is 0.307 e. The summed E-state index contributed by atoms with van der Waals surface area (Å²) in [6.45, 7) is 1.69. The molecule has 1 aliphatic rings. The van der Waals surface area contributed by atoms with E-state index in [0.29, 0.717) is 25.1 Å². The summed E-state index contributed by atoms with van der Waals surface area (Å²) in [5, 5.41) is 9.11. The Morgan fingerprint density at radius 3 is 3.06 bits per heavy atom. The van der Waals surface area contributed by atoms with E-state index in [1.54, 1.807) is 12.1 Å². The van der Waals surface area contributed by atoms with Gasteiger partial charge in [0, 0.05) is 18.7 Å². The predicted octanol–water partition coefficient (Wildman–Crippen LogP) is 2.78. The van der Waals surface area contributed by atoms with E-state index in [-0.39, 0.29) is 10.9 Å². The number of carboxylic acids is 1. The van der Waals surface area contributed by atoms with Crippen molar-refractivity contribution in [2.24, 2.45) is 5.92 Å².